The molecule has 1 aliphatic heterocycles. The average molecular weight is 240 g/mol. The number of hydrogen-bond acceptors (Lipinski definition) is 1. The minimum atomic E-state index is 0.703. The predicted octanol–water partition coefficient (Wildman–Crippen LogP) is 3.44. The van der Waals surface area contributed by atoms with Gasteiger partial charge in [0.15, 0.2) is 0 Å². The Morgan fingerprint density at radius 1 is 1.46 bits per heavy atom. The summed E-state index contributed by atoms with van der Waals surface area (Å²) in [6, 6.07) is 9.26. The number of benzene rings is 1. The Morgan fingerprint density at radius 3 is 2.92 bits per heavy atom. The van der Waals surface area contributed by atoms with Gasteiger partial charge in [0.2, 0.25) is 0 Å². The monoisotopic (exact) mass is 239 g/mol. The maximum atomic E-state index is 3.50. The first kappa shape index (κ1) is 9.07. The van der Waals surface area contributed by atoms with Crippen molar-refractivity contribution in [2.24, 2.45) is 0 Å². The lowest BCUT2D eigenvalue weighted by atomic mass is 10.2. The standard InChI is InChI=1S/C11H14BrN/c1-9-4-3-7-13(9)11-6-2-5-10(12)8-11/h2,5-6,8-9H,3-4,7H2,1H3. The van der Waals surface area contributed by atoms with Crippen molar-refractivity contribution in [1.29, 1.82) is 0 Å². The van der Waals surface area contributed by atoms with Crippen molar-refractivity contribution in [2.45, 2.75) is 25.8 Å². The van der Waals surface area contributed by atoms with E-state index in [1.807, 2.05) is 0 Å². The molecular formula is C11H14BrN. The fourth-order valence-electron chi connectivity index (χ4n) is 1.97. The number of hydrogen-bond donors (Lipinski definition) is 0. The molecule has 0 radical (unpaired) electrons. The van der Waals surface area contributed by atoms with Crippen molar-refractivity contribution >= 4 is 21.6 Å². The second-order valence-electron chi connectivity index (χ2n) is 3.66. The third-order valence-electron chi connectivity index (χ3n) is 2.69. The van der Waals surface area contributed by atoms with Crippen molar-refractivity contribution in [2.75, 3.05) is 11.4 Å². The van der Waals surface area contributed by atoms with Gasteiger partial charge in [-0.1, -0.05) is 22.0 Å². The second-order valence-corrected chi connectivity index (χ2v) is 4.58. The third kappa shape index (κ3) is 1.88. The van der Waals surface area contributed by atoms with Gasteiger partial charge in [-0.2, -0.15) is 0 Å². The lowest BCUT2D eigenvalue weighted by Crippen LogP contribution is -2.25. The van der Waals surface area contributed by atoms with Crippen LogP contribution in [0.15, 0.2) is 28.7 Å². The van der Waals surface area contributed by atoms with Gasteiger partial charge in [0.1, 0.15) is 0 Å². The van der Waals surface area contributed by atoms with Crippen LogP contribution in [0.1, 0.15) is 19.8 Å². The number of halogens is 1. The van der Waals surface area contributed by atoms with Gasteiger partial charge in [0.05, 0.1) is 0 Å². The highest BCUT2D eigenvalue weighted by atomic mass is 79.9. The van der Waals surface area contributed by atoms with E-state index in [1.165, 1.54) is 29.5 Å². The zero-order valence-corrected chi connectivity index (χ0v) is 9.42. The number of anilines is 1. The first-order chi connectivity index (χ1) is 6.27. The van der Waals surface area contributed by atoms with Crippen molar-refractivity contribution in [3.8, 4) is 0 Å². The summed E-state index contributed by atoms with van der Waals surface area (Å²) in [6.07, 6.45) is 2.65. The summed E-state index contributed by atoms with van der Waals surface area (Å²) in [6.45, 7) is 3.51. The van der Waals surface area contributed by atoms with Crippen LogP contribution >= 0.6 is 15.9 Å². The molecular weight excluding hydrogens is 226 g/mol. The van der Waals surface area contributed by atoms with Gasteiger partial charge in [-0.3, -0.25) is 0 Å². The van der Waals surface area contributed by atoms with Gasteiger partial charge in [-0.15, -0.1) is 0 Å². The molecule has 1 nitrogen and oxygen atoms in total. The highest BCUT2D eigenvalue weighted by molar-refractivity contribution is 9.10. The maximum Gasteiger partial charge on any atom is 0.0379 e. The lowest BCUT2D eigenvalue weighted by molar-refractivity contribution is 0.735. The van der Waals surface area contributed by atoms with E-state index < -0.39 is 0 Å². The van der Waals surface area contributed by atoms with Gasteiger partial charge >= 0.3 is 0 Å². The second kappa shape index (κ2) is 3.70. The molecule has 2 heteroatoms. The number of rotatable bonds is 1. The predicted molar refractivity (Wildman–Crippen MR) is 60.2 cm³/mol. The summed E-state index contributed by atoms with van der Waals surface area (Å²) in [4.78, 5) is 2.48. The van der Waals surface area contributed by atoms with E-state index in [9.17, 15) is 0 Å². The van der Waals surface area contributed by atoms with E-state index in [0.29, 0.717) is 6.04 Å². The highest BCUT2D eigenvalue weighted by Crippen LogP contribution is 2.27. The summed E-state index contributed by atoms with van der Waals surface area (Å²) in [5.41, 5.74) is 1.35. The summed E-state index contributed by atoms with van der Waals surface area (Å²) in [5.74, 6) is 0. The first-order valence-electron chi connectivity index (χ1n) is 4.79. The van der Waals surface area contributed by atoms with Gasteiger partial charge in [-0.05, 0) is 38.0 Å². The van der Waals surface area contributed by atoms with E-state index >= 15 is 0 Å². The quantitative estimate of drug-likeness (QED) is 0.726. The van der Waals surface area contributed by atoms with Crippen molar-refractivity contribution in [3.05, 3.63) is 28.7 Å². The van der Waals surface area contributed by atoms with Crippen LogP contribution in [-0.2, 0) is 0 Å². The topological polar surface area (TPSA) is 3.24 Å². The van der Waals surface area contributed by atoms with Crippen LogP contribution in [0.3, 0.4) is 0 Å². The van der Waals surface area contributed by atoms with Crippen LogP contribution in [-0.4, -0.2) is 12.6 Å². The van der Waals surface area contributed by atoms with Gasteiger partial charge in [0, 0.05) is 22.7 Å². The zero-order valence-electron chi connectivity index (χ0n) is 7.83. The molecule has 1 aliphatic rings. The Balaban J connectivity index is 2.24. The van der Waals surface area contributed by atoms with Gasteiger partial charge in [0.25, 0.3) is 0 Å². The smallest absolute Gasteiger partial charge is 0.0379 e. The maximum absolute atomic E-state index is 3.50. The molecule has 1 fully saturated rings. The van der Waals surface area contributed by atoms with Gasteiger partial charge in [-0.25, -0.2) is 0 Å². The van der Waals surface area contributed by atoms with E-state index in [1.54, 1.807) is 0 Å². The zero-order chi connectivity index (χ0) is 9.26. The molecule has 1 atom stereocenters. The molecule has 1 unspecified atom stereocenters. The molecule has 1 heterocycles. The van der Waals surface area contributed by atoms with Gasteiger partial charge < -0.3 is 4.90 Å². The van der Waals surface area contributed by atoms with Crippen molar-refractivity contribution in [3.63, 3.8) is 0 Å². The molecule has 13 heavy (non-hydrogen) atoms. The molecule has 0 aliphatic carbocycles. The summed E-state index contributed by atoms with van der Waals surface area (Å²) < 4.78 is 1.17. The third-order valence-corrected chi connectivity index (χ3v) is 3.19. The van der Waals surface area contributed by atoms with Crippen LogP contribution in [0.5, 0.6) is 0 Å². The molecule has 1 aromatic carbocycles. The van der Waals surface area contributed by atoms with Crippen LogP contribution in [0.25, 0.3) is 0 Å². The largest absolute Gasteiger partial charge is 0.369 e. The molecule has 0 spiro atoms. The summed E-state index contributed by atoms with van der Waals surface area (Å²) >= 11 is 3.50. The fourth-order valence-corrected chi connectivity index (χ4v) is 2.36. The van der Waals surface area contributed by atoms with Crippen molar-refractivity contribution < 1.29 is 0 Å². The van der Waals surface area contributed by atoms with Crippen LogP contribution in [0.4, 0.5) is 5.69 Å². The molecule has 70 valence electrons. The molecule has 1 aromatic rings. The van der Waals surface area contributed by atoms with Crippen LogP contribution in [0.2, 0.25) is 0 Å². The Labute approximate surface area is 87.9 Å². The molecule has 0 amide bonds. The lowest BCUT2D eigenvalue weighted by Gasteiger charge is -2.23. The fraction of sp³-hybridized carbons (Fsp3) is 0.455. The SMILES string of the molecule is CC1CCCN1c1cccc(Br)c1. The Morgan fingerprint density at radius 2 is 2.31 bits per heavy atom. The van der Waals surface area contributed by atoms with Crippen LogP contribution in [0, 0.1) is 0 Å². The summed E-state index contributed by atoms with van der Waals surface area (Å²) in [5, 5.41) is 0. The van der Waals surface area contributed by atoms with Crippen LogP contribution < -0.4 is 4.90 Å². The Kier molecular flexibility index (Phi) is 2.58. The molecule has 2 rings (SSSR count). The Bertz CT molecular complexity index is 298. The first-order valence-corrected chi connectivity index (χ1v) is 5.59. The molecule has 0 aromatic heterocycles. The van der Waals surface area contributed by atoms with E-state index in [0.717, 1.165) is 0 Å². The Hall–Kier alpha value is -0.500. The molecule has 0 bridgehead atoms. The van der Waals surface area contributed by atoms with E-state index in [2.05, 4.69) is 52.0 Å². The minimum absolute atomic E-state index is 0.703. The average Bonchev–Trinajstić information content (AvgIpc) is 2.51. The summed E-state index contributed by atoms with van der Waals surface area (Å²) in [7, 11) is 0. The normalized spacial score (nSPS) is 22.3. The van der Waals surface area contributed by atoms with E-state index in [-0.39, 0.29) is 0 Å². The van der Waals surface area contributed by atoms with Crippen molar-refractivity contribution in [1.82, 2.24) is 0 Å². The minimum Gasteiger partial charge on any atom is -0.369 e. The van der Waals surface area contributed by atoms with E-state index in [4.69, 9.17) is 0 Å². The molecule has 0 N–H and O–H groups in total. The molecule has 1 saturated heterocycles. The number of nitrogens with zero attached hydrogens (tertiary/aromatic N) is 1. The molecule has 0 saturated carbocycles. The highest BCUT2D eigenvalue weighted by Gasteiger charge is 2.20.